The van der Waals surface area contributed by atoms with Crippen molar-refractivity contribution in [2.45, 2.75) is 12.8 Å². The lowest BCUT2D eigenvalue weighted by Gasteiger charge is -2.14. The van der Waals surface area contributed by atoms with E-state index in [4.69, 9.17) is 20.9 Å². The van der Waals surface area contributed by atoms with Gasteiger partial charge in [0.15, 0.2) is 0 Å². The fraction of sp³-hybridized carbons (Fsp3) is 0.190. The van der Waals surface area contributed by atoms with Crippen LogP contribution in [0, 0.1) is 10.1 Å². The lowest BCUT2D eigenvalue weighted by molar-refractivity contribution is -0.383. The van der Waals surface area contributed by atoms with E-state index in [2.05, 4.69) is 4.98 Å². The molecule has 150 valence electrons. The van der Waals surface area contributed by atoms with Gasteiger partial charge >= 0.3 is 5.69 Å². The minimum Gasteiger partial charge on any atom is -0.497 e. The van der Waals surface area contributed by atoms with Crippen LogP contribution in [0.5, 0.6) is 11.5 Å². The van der Waals surface area contributed by atoms with Gasteiger partial charge in [-0.05, 0) is 35.4 Å². The number of aromatic nitrogens is 1. The second kappa shape index (κ2) is 8.47. The van der Waals surface area contributed by atoms with Crippen molar-refractivity contribution in [1.82, 2.24) is 4.98 Å². The molecule has 29 heavy (non-hydrogen) atoms. The van der Waals surface area contributed by atoms with Gasteiger partial charge in [0.2, 0.25) is 5.82 Å². The number of nitrogens with zero attached hydrogens (tertiary/aromatic N) is 2. The van der Waals surface area contributed by atoms with Gasteiger partial charge in [-0.25, -0.2) is 4.98 Å². The summed E-state index contributed by atoms with van der Waals surface area (Å²) in [5, 5.41) is 11.4. The molecule has 0 spiro atoms. The maximum atomic E-state index is 11.4. The Balaban J connectivity index is 2.03. The van der Waals surface area contributed by atoms with Gasteiger partial charge in [0.1, 0.15) is 17.2 Å². The minimum atomic E-state index is -0.591. The molecule has 0 aliphatic heterocycles. The van der Waals surface area contributed by atoms with Crippen LogP contribution in [0.15, 0.2) is 48.5 Å². The fourth-order valence-corrected chi connectivity index (χ4v) is 3.12. The first-order chi connectivity index (χ1) is 13.9. The maximum Gasteiger partial charge on any atom is 0.334 e. The molecule has 3 rings (SSSR count). The second-order valence-corrected chi connectivity index (χ2v) is 6.49. The van der Waals surface area contributed by atoms with Crippen LogP contribution in [0.25, 0.3) is 0 Å². The Morgan fingerprint density at radius 3 is 1.83 bits per heavy atom. The number of nitro groups is 1. The number of ether oxygens (including phenoxy) is 2. The van der Waals surface area contributed by atoms with E-state index < -0.39 is 4.92 Å². The van der Waals surface area contributed by atoms with E-state index in [9.17, 15) is 10.1 Å². The zero-order valence-corrected chi connectivity index (χ0v) is 16.2. The first-order valence-electron chi connectivity index (χ1n) is 8.90. The van der Waals surface area contributed by atoms with E-state index in [0.29, 0.717) is 24.1 Å². The van der Waals surface area contributed by atoms with Gasteiger partial charge in [-0.1, -0.05) is 24.3 Å². The van der Waals surface area contributed by atoms with Crippen LogP contribution >= 0.6 is 0 Å². The zero-order chi connectivity index (χ0) is 21.0. The number of nitrogen functional groups attached to an aromatic ring is 2. The number of pyridine rings is 1. The first kappa shape index (κ1) is 19.9. The van der Waals surface area contributed by atoms with Crippen LogP contribution in [0.1, 0.15) is 22.4 Å². The molecule has 0 amide bonds. The van der Waals surface area contributed by atoms with Crippen molar-refractivity contribution in [2.24, 2.45) is 0 Å². The summed E-state index contributed by atoms with van der Waals surface area (Å²) in [5.41, 5.74) is 14.8. The third-order valence-electron chi connectivity index (χ3n) is 4.68. The van der Waals surface area contributed by atoms with Gasteiger partial charge in [-0.15, -0.1) is 0 Å². The first-order valence-corrected chi connectivity index (χ1v) is 8.90. The normalized spacial score (nSPS) is 10.6. The number of methoxy groups -OCH3 is 2. The summed E-state index contributed by atoms with van der Waals surface area (Å²) in [6.07, 6.45) is 0.817. The van der Waals surface area contributed by atoms with Gasteiger partial charge in [0.25, 0.3) is 0 Å². The predicted molar refractivity (Wildman–Crippen MR) is 111 cm³/mol. The predicted octanol–water partition coefficient (Wildman–Crippen LogP) is 3.35. The molecule has 3 aromatic rings. The number of hydrogen-bond donors (Lipinski definition) is 2. The number of rotatable bonds is 7. The Labute approximate surface area is 168 Å². The Bertz CT molecular complexity index is 1020. The summed E-state index contributed by atoms with van der Waals surface area (Å²) in [6.45, 7) is 0. The van der Waals surface area contributed by atoms with Crippen LogP contribution in [0.2, 0.25) is 0 Å². The molecule has 0 saturated carbocycles. The molecular formula is C21H22N4O4. The van der Waals surface area contributed by atoms with Crippen molar-refractivity contribution in [3.8, 4) is 11.5 Å². The molecule has 0 unspecified atom stereocenters. The highest BCUT2D eigenvalue weighted by atomic mass is 16.6. The SMILES string of the molecule is COc1ccc(Cc2nc(N)c([N+](=O)[O-])c(N)c2Cc2ccc(OC)cc2)cc1. The number of benzene rings is 2. The van der Waals surface area contributed by atoms with E-state index >= 15 is 0 Å². The summed E-state index contributed by atoms with van der Waals surface area (Å²) < 4.78 is 10.4. The third kappa shape index (κ3) is 4.37. The van der Waals surface area contributed by atoms with Gasteiger partial charge in [-0.3, -0.25) is 10.1 Å². The monoisotopic (exact) mass is 394 g/mol. The minimum absolute atomic E-state index is 0.0434. The Hall–Kier alpha value is -3.81. The number of hydrogen-bond acceptors (Lipinski definition) is 7. The highest BCUT2D eigenvalue weighted by molar-refractivity contribution is 5.74. The van der Waals surface area contributed by atoms with Crippen LogP contribution < -0.4 is 20.9 Å². The molecule has 8 nitrogen and oxygen atoms in total. The van der Waals surface area contributed by atoms with Crippen molar-refractivity contribution < 1.29 is 14.4 Å². The van der Waals surface area contributed by atoms with Gasteiger partial charge in [0, 0.05) is 18.4 Å². The van der Waals surface area contributed by atoms with Crippen molar-refractivity contribution in [3.05, 3.63) is 81.0 Å². The number of anilines is 2. The lowest BCUT2D eigenvalue weighted by Crippen LogP contribution is -2.11. The molecule has 8 heteroatoms. The smallest absolute Gasteiger partial charge is 0.334 e. The molecule has 0 radical (unpaired) electrons. The van der Waals surface area contributed by atoms with Gasteiger partial charge in [0.05, 0.1) is 24.8 Å². The van der Waals surface area contributed by atoms with E-state index in [0.717, 1.165) is 22.6 Å². The largest absolute Gasteiger partial charge is 0.497 e. The maximum absolute atomic E-state index is 11.4. The third-order valence-corrected chi connectivity index (χ3v) is 4.68. The summed E-state index contributed by atoms with van der Waals surface area (Å²) in [4.78, 5) is 15.2. The lowest BCUT2D eigenvalue weighted by atomic mass is 9.97. The summed E-state index contributed by atoms with van der Waals surface area (Å²) in [7, 11) is 3.19. The van der Waals surface area contributed by atoms with Crippen LogP contribution in [0.4, 0.5) is 17.2 Å². The molecular weight excluding hydrogens is 372 g/mol. The van der Waals surface area contributed by atoms with E-state index in [1.165, 1.54) is 0 Å². The van der Waals surface area contributed by atoms with Crippen molar-refractivity contribution in [1.29, 1.82) is 0 Å². The Morgan fingerprint density at radius 1 is 0.897 bits per heavy atom. The standard InChI is InChI=1S/C21H22N4O4/c1-28-15-7-3-13(4-8-15)11-17-18(12-14-5-9-16(29-2)10-6-14)24-21(23)20(19(17)22)25(26)27/h3-10H,11-12H2,1-2H3,(H4,22,23,24). The van der Waals surface area contributed by atoms with E-state index in [1.807, 2.05) is 48.5 Å². The molecule has 1 aromatic heterocycles. The molecule has 0 fully saturated rings. The van der Waals surface area contributed by atoms with E-state index in [1.54, 1.807) is 14.2 Å². The molecule has 0 atom stereocenters. The molecule has 0 aliphatic rings. The molecule has 0 bridgehead atoms. The van der Waals surface area contributed by atoms with Crippen molar-refractivity contribution in [2.75, 3.05) is 25.7 Å². The highest BCUT2D eigenvalue weighted by Crippen LogP contribution is 2.34. The molecule has 4 N–H and O–H groups in total. The average Bonchev–Trinajstić information content (AvgIpc) is 2.71. The quantitative estimate of drug-likeness (QED) is 0.465. The van der Waals surface area contributed by atoms with Crippen LogP contribution in [-0.2, 0) is 12.8 Å². The summed E-state index contributed by atoms with van der Waals surface area (Å²) in [5.74, 6) is 1.28. The fourth-order valence-electron chi connectivity index (χ4n) is 3.12. The van der Waals surface area contributed by atoms with Gasteiger partial charge in [-0.2, -0.15) is 0 Å². The topological polar surface area (TPSA) is 127 Å². The zero-order valence-electron chi connectivity index (χ0n) is 16.2. The average molecular weight is 394 g/mol. The second-order valence-electron chi connectivity index (χ2n) is 6.49. The van der Waals surface area contributed by atoms with Crippen LogP contribution in [-0.4, -0.2) is 24.1 Å². The Morgan fingerprint density at radius 2 is 1.38 bits per heavy atom. The number of nitrogens with two attached hydrogens (primary N) is 2. The summed E-state index contributed by atoms with van der Waals surface area (Å²) in [6, 6.07) is 14.9. The molecule has 1 heterocycles. The van der Waals surface area contributed by atoms with Crippen LogP contribution in [0.3, 0.4) is 0 Å². The van der Waals surface area contributed by atoms with Gasteiger partial charge < -0.3 is 20.9 Å². The van der Waals surface area contributed by atoms with Crippen molar-refractivity contribution in [3.63, 3.8) is 0 Å². The highest BCUT2D eigenvalue weighted by Gasteiger charge is 2.25. The molecule has 0 aliphatic carbocycles. The van der Waals surface area contributed by atoms with Crippen molar-refractivity contribution >= 4 is 17.2 Å². The summed E-state index contributed by atoms with van der Waals surface area (Å²) >= 11 is 0. The Kier molecular flexibility index (Phi) is 5.82. The molecule has 2 aromatic carbocycles. The van der Waals surface area contributed by atoms with E-state index in [-0.39, 0.29) is 17.2 Å². The molecule has 0 saturated heterocycles.